The molecule has 1 aromatic carbocycles. The molecular weight excluding hydrogens is 314 g/mol. The highest BCUT2D eigenvalue weighted by Crippen LogP contribution is 2.24. The molecular formula is C16H26BrN3. The van der Waals surface area contributed by atoms with Crippen molar-refractivity contribution in [2.45, 2.75) is 32.5 Å². The first-order chi connectivity index (χ1) is 9.42. The van der Waals surface area contributed by atoms with Crippen LogP contribution >= 0.6 is 15.9 Å². The quantitative estimate of drug-likeness (QED) is 0.909. The van der Waals surface area contributed by atoms with Crippen LogP contribution in [0.5, 0.6) is 0 Å². The van der Waals surface area contributed by atoms with Crippen LogP contribution in [0.4, 0.5) is 0 Å². The fourth-order valence-corrected chi connectivity index (χ4v) is 3.30. The SMILES string of the molecule is CNCc1ccc(CN2CCN(C)C(C)(C)C2)c(Br)c1. The van der Waals surface area contributed by atoms with E-state index in [9.17, 15) is 0 Å². The molecule has 0 amide bonds. The van der Waals surface area contributed by atoms with Crippen LogP contribution < -0.4 is 5.32 Å². The molecule has 0 aromatic heterocycles. The average molecular weight is 340 g/mol. The van der Waals surface area contributed by atoms with Gasteiger partial charge in [0, 0.05) is 42.7 Å². The van der Waals surface area contributed by atoms with E-state index in [2.05, 4.69) is 70.1 Å². The van der Waals surface area contributed by atoms with Gasteiger partial charge in [0.15, 0.2) is 0 Å². The van der Waals surface area contributed by atoms with Crippen molar-refractivity contribution in [3.63, 3.8) is 0 Å². The molecule has 0 atom stereocenters. The van der Waals surface area contributed by atoms with Gasteiger partial charge in [-0.1, -0.05) is 28.1 Å². The summed E-state index contributed by atoms with van der Waals surface area (Å²) in [5.74, 6) is 0. The van der Waals surface area contributed by atoms with Crippen LogP contribution in [0.2, 0.25) is 0 Å². The number of halogens is 1. The molecule has 1 fully saturated rings. The molecule has 1 saturated heterocycles. The Hall–Kier alpha value is -0.420. The van der Waals surface area contributed by atoms with Crippen molar-refractivity contribution in [1.29, 1.82) is 0 Å². The molecule has 112 valence electrons. The zero-order chi connectivity index (χ0) is 14.8. The van der Waals surface area contributed by atoms with Crippen molar-refractivity contribution < 1.29 is 0 Å². The Bertz CT molecular complexity index is 459. The van der Waals surface area contributed by atoms with Crippen molar-refractivity contribution in [3.05, 3.63) is 33.8 Å². The minimum absolute atomic E-state index is 0.261. The smallest absolute Gasteiger partial charge is 0.0277 e. The zero-order valence-electron chi connectivity index (χ0n) is 13.0. The molecule has 1 N–H and O–H groups in total. The fraction of sp³-hybridized carbons (Fsp3) is 0.625. The number of piperazine rings is 1. The van der Waals surface area contributed by atoms with Crippen LogP contribution in [0.15, 0.2) is 22.7 Å². The Kier molecular flexibility index (Phi) is 5.24. The van der Waals surface area contributed by atoms with E-state index < -0.39 is 0 Å². The van der Waals surface area contributed by atoms with Crippen molar-refractivity contribution in [3.8, 4) is 0 Å². The molecule has 0 bridgehead atoms. The lowest BCUT2D eigenvalue weighted by Crippen LogP contribution is -2.57. The molecule has 2 rings (SSSR count). The monoisotopic (exact) mass is 339 g/mol. The number of hydrogen-bond donors (Lipinski definition) is 1. The van der Waals surface area contributed by atoms with E-state index in [1.54, 1.807) is 0 Å². The lowest BCUT2D eigenvalue weighted by molar-refractivity contribution is 0.0359. The summed E-state index contributed by atoms with van der Waals surface area (Å²) in [6.45, 7) is 9.99. The first-order valence-electron chi connectivity index (χ1n) is 7.28. The van der Waals surface area contributed by atoms with Gasteiger partial charge < -0.3 is 5.32 Å². The van der Waals surface area contributed by atoms with Gasteiger partial charge in [0.1, 0.15) is 0 Å². The molecule has 0 unspecified atom stereocenters. The third-order valence-corrected chi connectivity index (χ3v) is 5.03. The average Bonchev–Trinajstić information content (AvgIpc) is 2.37. The van der Waals surface area contributed by atoms with E-state index >= 15 is 0 Å². The van der Waals surface area contributed by atoms with Crippen LogP contribution in [-0.4, -0.2) is 49.1 Å². The topological polar surface area (TPSA) is 18.5 Å². The highest BCUT2D eigenvalue weighted by atomic mass is 79.9. The van der Waals surface area contributed by atoms with Gasteiger partial charge in [-0.2, -0.15) is 0 Å². The first-order valence-corrected chi connectivity index (χ1v) is 8.07. The summed E-state index contributed by atoms with van der Waals surface area (Å²) >= 11 is 3.72. The molecule has 1 aromatic rings. The summed E-state index contributed by atoms with van der Waals surface area (Å²) in [6, 6.07) is 6.70. The third kappa shape index (κ3) is 3.82. The van der Waals surface area contributed by atoms with Crippen molar-refractivity contribution in [2.75, 3.05) is 33.7 Å². The van der Waals surface area contributed by atoms with Gasteiger partial charge in [0.25, 0.3) is 0 Å². The Morgan fingerprint density at radius 3 is 2.65 bits per heavy atom. The summed E-state index contributed by atoms with van der Waals surface area (Å²) in [5, 5.41) is 3.19. The van der Waals surface area contributed by atoms with E-state index in [0.29, 0.717) is 0 Å². The van der Waals surface area contributed by atoms with Gasteiger partial charge in [-0.3, -0.25) is 9.80 Å². The van der Waals surface area contributed by atoms with Crippen molar-refractivity contribution in [2.24, 2.45) is 0 Å². The molecule has 1 aliphatic rings. The Morgan fingerprint density at radius 2 is 2.05 bits per heavy atom. The van der Waals surface area contributed by atoms with Crippen LogP contribution in [0.3, 0.4) is 0 Å². The summed E-state index contributed by atoms with van der Waals surface area (Å²) in [5.41, 5.74) is 2.96. The van der Waals surface area contributed by atoms with E-state index in [4.69, 9.17) is 0 Å². The largest absolute Gasteiger partial charge is 0.316 e. The van der Waals surface area contributed by atoms with Crippen LogP contribution in [0.25, 0.3) is 0 Å². The number of nitrogens with one attached hydrogen (secondary N) is 1. The molecule has 0 radical (unpaired) electrons. The predicted molar refractivity (Wildman–Crippen MR) is 88.9 cm³/mol. The van der Waals surface area contributed by atoms with E-state index in [-0.39, 0.29) is 5.54 Å². The predicted octanol–water partition coefficient (Wildman–Crippen LogP) is 2.69. The van der Waals surface area contributed by atoms with E-state index in [1.165, 1.54) is 15.6 Å². The zero-order valence-corrected chi connectivity index (χ0v) is 14.6. The third-order valence-electron chi connectivity index (χ3n) is 4.29. The lowest BCUT2D eigenvalue weighted by atomic mass is 9.99. The maximum Gasteiger partial charge on any atom is 0.0277 e. The first kappa shape index (κ1) is 16.0. The number of benzene rings is 1. The molecule has 0 spiro atoms. The van der Waals surface area contributed by atoms with Crippen LogP contribution in [0, 0.1) is 0 Å². The highest BCUT2D eigenvalue weighted by molar-refractivity contribution is 9.10. The van der Waals surface area contributed by atoms with Crippen LogP contribution in [-0.2, 0) is 13.1 Å². The highest BCUT2D eigenvalue weighted by Gasteiger charge is 2.30. The van der Waals surface area contributed by atoms with Gasteiger partial charge in [-0.05, 0) is 45.1 Å². The maximum atomic E-state index is 3.72. The second-order valence-corrected chi connectivity index (χ2v) is 7.26. The summed E-state index contributed by atoms with van der Waals surface area (Å²) < 4.78 is 1.22. The van der Waals surface area contributed by atoms with Gasteiger partial charge in [0.2, 0.25) is 0 Å². The van der Waals surface area contributed by atoms with Crippen molar-refractivity contribution in [1.82, 2.24) is 15.1 Å². The number of hydrogen-bond acceptors (Lipinski definition) is 3. The number of likely N-dealkylation sites (N-methyl/N-ethyl adjacent to an activating group) is 1. The van der Waals surface area contributed by atoms with Gasteiger partial charge in [-0.25, -0.2) is 0 Å². The Balaban J connectivity index is 2.03. The molecule has 1 aliphatic heterocycles. The molecule has 3 nitrogen and oxygen atoms in total. The van der Waals surface area contributed by atoms with Gasteiger partial charge in [-0.15, -0.1) is 0 Å². The van der Waals surface area contributed by atoms with Gasteiger partial charge in [0.05, 0.1) is 0 Å². The standard InChI is InChI=1S/C16H26BrN3/c1-16(2)12-20(8-7-19(16)4)11-14-6-5-13(10-18-3)9-15(14)17/h5-6,9,18H,7-8,10-12H2,1-4H3. The molecule has 20 heavy (non-hydrogen) atoms. The number of nitrogens with zero attached hydrogens (tertiary/aromatic N) is 2. The minimum Gasteiger partial charge on any atom is -0.316 e. The second kappa shape index (κ2) is 6.56. The fourth-order valence-electron chi connectivity index (χ4n) is 2.75. The molecule has 4 heteroatoms. The lowest BCUT2D eigenvalue weighted by Gasteiger charge is -2.45. The Labute approximate surface area is 131 Å². The summed E-state index contributed by atoms with van der Waals surface area (Å²) in [6.07, 6.45) is 0. The Morgan fingerprint density at radius 1 is 1.30 bits per heavy atom. The summed E-state index contributed by atoms with van der Waals surface area (Å²) in [4.78, 5) is 5.01. The minimum atomic E-state index is 0.261. The van der Waals surface area contributed by atoms with E-state index in [0.717, 1.165) is 32.7 Å². The van der Waals surface area contributed by atoms with Crippen molar-refractivity contribution >= 4 is 15.9 Å². The van der Waals surface area contributed by atoms with E-state index in [1.807, 2.05) is 7.05 Å². The van der Waals surface area contributed by atoms with Crippen LogP contribution in [0.1, 0.15) is 25.0 Å². The second-order valence-electron chi connectivity index (χ2n) is 6.40. The van der Waals surface area contributed by atoms with Gasteiger partial charge >= 0.3 is 0 Å². The maximum absolute atomic E-state index is 3.72. The molecule has 0 saturated carbocycles. The number of rotatable bonds is 4. The molecule has 1 heterocycles. The molecule has 0 aliphatic carbocycles. The normalized spacial score (nSPS) is 20.2. The summed E-state index contributed by atoms with van der Waals surface area (Å²) in [7, 11) is 4.20.